The third-order valence-electron chi connectivity index (χ3n) is 4.10. The molecule has 18 heavy (non-hydrogen) atoms. The SMILES string of the molecule is CCC(C)[C@H](N)C(=O)N1CCC(C)(C(=O)NC)C1. The van der Waals surface area contributed by atoms with Crippen LogP contribution in [0.5, 0.6) is 0 Å². The van der Waals surface area contributed by atoms with Gasteiger partial charge in [-0.15, -0.1) is 0 Å². The summed E-state index contributed by atoms with van der Waals surface area (Å²) in [6.45, 7) is 6.99. The lowest BCUT2D eigenvalue weighted by atomic mass is 9.89. The van der Waals surface area contributed by atoms with Gasteiger partial charge in [0.05, 0.1) is 11.5 Å². The van der Waals surface area contributed by atoms with E-state index in [2.05, 4.69) is 5.32 Å². The van der Waals surface area contributed by atoms with Gasteiger partial charge in [-0.25, -0.2) is 0 Å². The van der Waals surface area contributed by atoms with Gasteiger partial charge < -0.3 is 16.0 Å². The van der Waals surface area contributed by atoms with Gasteiger partial charge in [0.2, 0.25) is 11.8 Å². The molecule has 1 aliphatic heterocycles. The summed E-state index contributed by atoms with van der Waals surface area (Å²) in [6, 6.07) is -0.456. The number of likely N-dealkylation sites (tertiary alicyclic amines) is 1. The molecule has 1 rings (SSSR count). The number of rotatable bonds is 4. The second-order valence-electron chi connectivity index (χ2n) is 5.56. The van der Waals surface area contributed by atoms with Crippen molar-refractivity contribution >= 4 is 11.8 Å². The van der Waals surface area contributed by atoms with Gasteiger partial charge in [0.1, 0.15) is 0 Å². The molecule has 104 valence electrons. The largest absolute Gasteiger partial charge is 0.359 e. The van der Waals surface area contributed by atoms with Crippen molar-refractivity contribution in [1.29, 1.82) is 0 Å². The number of carbonyl (C=O) groups is 2. The van der Waals surface area contributed by atoms with E-state index in [0.29, 0.717) is 19.5 Å². The molecular weight excluding hydrogens is 230 g/mol. The summed E-state index contributed by atoms with van der Waals surface area (Å²) in [4.78, 5) is 25.7. The van der Waals surface area contributed by atoms with Crippen molar-refractivity contribution < 1.29 is 9.59 Å². The standard InChI is InChI=1S/C13H25N3O2/c1-5-9(2)10(14)11(17)16-7-6-13(3,8-16)12(18)15-4/h9-10H,5-8,14H2,1-4H3,(H,15,18)/t9?,10-,13?/m0/s1. The highest BCUT2D eigenvalue weighted by atomic mass is 16.2. The zero-order valence-corrected chi connectivity index (χ0v) is 11.8. The van der Waals surface area contributed by atoms with Gasteiger partial charge in [0, 0.05) is 20.1 Å². The van der Waals surface area contributed by atoms with Crippen molar-refractivity contribution in [1.82, 2.24) is 10.2 Å². The second-order valence-corrected chi connectivity index (χ2v) is 5.56. The first-order valence-electron chi connectivity index (χ1n) is 6.62. The van der Waals surface area contributed by atoms with Crippen molar-refractivity contribution in [3.05, 3.63) is 0 Å². The Morgan fingerprint density at radius 3 is 2.61 bits per heavy atom. The molecule has 0 aliphatic carbocycles. The highest BCUT2D eigenvalue weighted by Crippen LogP contribution is 2.30. The molecule has 0 radical (unpaired) electrons. The molecule has 1 fully saturated rings. The van der Waals surface area contributed by atoms with Crippen LogP contribution in [0.4, 0.5) is 0 Å². The van der Waals surface area contributed by atoms with Crippen LogP contribution < -0.4 is 11.1 Å². The zero-order chi connectivity index (χ0) is 13.9. The smallest absolute Gasteiger partial charge is 0.239 e. The first-order chi connectivity index (χ1) is 8.35. The number of hydrogen-bond acceptors (Lipinski definition) is 3. The molecule has 0 aromatic heterocycles. The highest BCUT2D eigenvalue weighted by Gasteiger charge is 2.42. The van der Waals surface area contributed by atoms with Crippen molar-refractivity contribution in [2.45, 2.75) is 39.7 Å². The molecule has 1 aliphatic rings. The van der Waals surface area contributed by atoms with Crippen LogP contribution in [0.1, 0.15) is 33.6 Å². The predicted octanol–water partition coefficient (Wildman–Crippen LogP) is 0.344. The Hall–Kier alpha value is -1.10. The van der Waals surface area contributed by atoms with Gasteiger partial charge >= 0.3 is 0 Å². The van der Waals surface area contributed by atoms with Crippen molar-refractivity contribution in [2.24, 2.45) is 17.1 Å². The topological polar surface area (TPSA) is 75.4 Å². The van der Waals surface area contributed by atoms with Gasteiger partial charge in [-0.05, 0) is 19.3 Å². The summed E-state index contributed by atoms with van der Waals surface area (Å²) in [5.41, 5.74) is 5.48. The average Bonchev–Trinajstić information content (AvgIpc) is 2.78. The number of amides is 2. The molecular formula is C13H25N3O2. The molecule has 0 spiro atoms. The second kappa shape index (κ2) is 5.69. The van der Waals surface area contributed by atoms with Crippen LogP contribution >= 0.6 is 0 Å². The lowest BCUT2D eigenvalue weighted by Crippen LogP contribution is -2.48. The molecule has 5 nitrogen and oxygen atoms in total. The predicted molar refractivity (Wildman–Crippen MR) is 70.8 cm³/mol. The summed E-state index contributed by atoms with van der Waals surface area (Å²) < 4.78 is 0. The number of nitrogens with zero attached hydrogens (tertiary/aromatic N) is 1. The van der Waals surface area contributed by atoms with E-state index < -0.39 is 11.5 Å². The maximum absolute atomic E-state index is 12.2. The minimum Gasteiger partial charge on any atom is -0.359 e. The van der Waals surface area contributed by atoms with E-state index in [4.69, 9.17) is 5.73 Å². The van der Waals surface area contributed by atoms with E-state index in [1.165, 1.54) is 0 Å². The van der Waals surface area contributed by atoms with Crippen molar-refractivity contribution in [3.63, 3.8) is 0 Å². The van der Waals surface area contributed by atoms with E-state index in [9.17, 15) is 9.59 Å². The summed E-state index contributed by atoms with van der Waals surface area (Å²) in [7, 11) is 1.63. The molecule has 0 saturated carbocycles. The fraction of sp³-hybridized carbons (Fsp3) is 0.846. The lowest BCUT2D eigenvalue weighted by molar-refractivity contribution is -0.134. The Labute approximate surface area is 109 Å². The first-order valence-corrected chi connectivity index (χ1v) is 6.62. The van der Waals surface area contributed by atoms with E-state index in [1.54, 1.807) is 11.9 Å². The van der Waals surface area contributed by atoms with Crippen molar-refractivity contribution in [3.8, 4) is 0 Å². The Balaban J connectivity index is 2.67. The van der Waals surface area contributed by atoms with E-state index >= 15 is 0 Å². The number of hydrogen-bond donors (Lipinski definition) is 2. The minimum atomic E-state index is -0.473. The average molecular weight is 255 g/mol. The maximum Gasteiger partial charge on any atom is 0.239 e. The Kier molecular flexibility index (Phi) is 4.73. The van der Waals surface area contributed by atoms with Crippen LogP contribution in [-0.4, -0.2) is 42.9 Å². The van der Waals surface area contributed by atoms with E-state index in [-0.39, 0.29) is 17.7 Å². The van der Waals surface area contributed by atoms with Gasteiger partial charge in [0.25, 0.3) is 0 Å². The third-order valence-corrected chi connectivity index (χ3v) is 4.10. The quantitative estimate of drug-likeness (QED) is 0.761. The van der Waals surface area contributed by atoms with Crippen LogP contribution in [0.3, 0.4) is 0 Å². The molecule has 3 atom stereocenters. The van der Waals surface area contributed by atoms with Crippen LogP contribution in [0, 0.1) is 11.3 Å². The molecule has 5 heteroatoms. The Morgan fingerprint density at radius 1 is 1.50 bits per heavy atom. The molecule has 0 aromatic carbocycles. The van der Waals surface area contributed by atoms with Crippen LogP contribution in [-0.2, 0) is 9.59 Å². The Bertz CT molecular complexity index is 332. The van der Waals surface area contributed by atoms with Crippen LogP contribution in [0.25, 0.3) is 0 Å². The fourth-order valence-corrected chi connectivity index (χ4v) is 2.34. The van der Waals surface area contributed by atoms with Crippen LogP contribution in [0.15, 0.2) is 0 Å². The molecule has 3 N–H and O–H groups in total. The molecule has 1 heterocycles. The summed E-state index contributed by atoms with van der Waals surface area (Å²) in [5.74, 6) is 0.135. The zero-order valence-electron chi connectivity index (χ0n) is 11.8. The summed E-state index contributed by atoms with van der Waals surface area (Å²) in [5, 5.41) is 2.66. The summed E-state index contributed by atoms with van der Waals surface area (Å²) in [6.07, 6.45) is 1.58. The van der Waals surface area contributed by atoms with Gasteiger partial charge in [-0.3, -0.25) is 9.59 Å². The van der Waals surface area contributed by atoms with Gasteiger partial charge in [-0.1, -0.05) is 20.3 Å². The highest BCUT2D eigenvalue weighted by molar-refractivity contribution is 5.86. The maximum atomic E-state index is 12.2. The number of nitrogens with one attached hydrogen (secondary N) is 1. The fourth-order valence-electron chi connectivity index (χ4n) is 2.34. The molecule has 0 aromatic rings. The van der Waals surface area contributed by atoms with Crippen molar-refractivity contribution in [2.75, 3.05) is 20.1 Å². The third kappa shape index (κ3) is 2.83. The van der Waals surface area contributed by atoms with Gasteiger partial charge in [0.15, 0.2) is 0 Å². The Morgan fingerprint density at radius 2 is 2.11 bits per heavy atom. The number of carbonyl (C=O) groups excluding carboxylic acids is 2. The first kappa shape index (κ1) is 15.0. The normalized spacial score (nSPS) is 26.8. The number of nitrogens with two attached hydrogens (primary N) is 1. The van der Waals surface area contributed by atoms with E-state index in [1.807, 2.05) is 20.8 Å². The summed E-state index contributed by atoms with van der Waals surface area (Å²) >= 11 is 0. The minimum absolute atomic E-state index is 0.00471. The van der Waals surface area contributed by atoms with Gasteiger partial charge in [-0.2, -0.15) is 0 Å². The molecule has 2 unspecified atom stereocenters. The molecule has 2 amide bonds. The molecule has 1 saturated heterocycles. The van der Waals surface area contributed by atoms with E-state index in [0.717, 1.165) is 6.42 Å². The lowest BCUT2D eigenvalue weighted by Gasteiger charge is -2.26. The monoisotopic (exact) mass is 255 g/mol. The molecule has 0 bridgehead atoms. The van der Waals surface area contributed by atoms with Crippen LogP contribution in [0.2, 0.25) is 0 Å².